The predicted molar refractivity (Wildman–Crippen MR) is 132 cm³/mol. The number of aromatic nitrogens is 2. The molecule has 0 bridgehead atoms. The van der Waals surface area contributed by atoms with Crippen molar-refractivity contribution >= 4 is 23.4 Å². The zero-order valence-electron chi connectivity index (χ0n) is 18.3. The first-order chi connectivity index (χ1) is 16.2. The van der Waals surface area contributed by atoms with E-state index in [4.69, 9.17) is 9.47 Å². The smallest absolute Gasteiger partial charge is 0.234 e. The van der Waals surface area contributed by atoms with Crippen LogP contribution in [0.15, 0.2) is 90.0 Å². The molecule has 7 heteroatoms. The van der Waals surface area contributed by atoms with Gasteiger partial charge in [-0.15, -0.1) is 10.2 Å². The molecule has 33 heavy (non-hydrogen) atoms. The molecule has 0 saturated heterocycles. The van der Waals surface area contributed by atoms with E-state index in [1.165, 1.54) is 17.3 Å². The monoisotopic (exact) mass is 457 g/mol. The van der Waals surface area contributed by atoms with Gasteiger partial charge in [-0.05, 0) is 35.4 Å². The second-order valence-electron chi connectivity index (χ2n) is 7.10. The van der Waals surface area contributed by atoms with Crippen LogP contribution >= 0.6 is 11.8 Å². The van der Waals surface area contributed by atoms with Crippen molar-refractivity contribution in [2.45, 2.75) is 5.03 Å². The van der Waals surface area contributed by atoms with Crippen molar-refractivity contribution in [2.75, 3.05) is 25.3 Å². The molecule has 1 amide bonds. The molecule has 1 N–H and O–H groups in total. The number of hydrogen-bond donors (Lipinski definition) is 1. The van der Waals surface area contributed by atoms with Gasteiger partial charge in [-0.3, -0.25) is 4.79 Å². The van der Waals surface area contributed by atoms with Gasteiger partial charge in [-0.1, -0.05) is 66.4 Å². The fourth-order valence-electron chi connectivity index (χ4n) is 3.24. The fourth-order valence-corrected chi connectivity index (χ4v) is 3.86. The van der Waals surface area contributed by atoms with Gasteiger partial charge in [0.1, 0.15) is 16.5 Å². The van der Waals surface area contributed by atoms with Crippen LogP contribution in [0, 0.1) is 0 Å². The molecule has 4 rings (SSSR count). The maximum Gasteiger partial charge on any atom is 0.234 e. The molecule has 0 fully saturated rings. The highest BCUT2D eigenvalue weighted by Crippen LogP contribution is 2.29. The summed E-state index contributed by atoms with van der Waals surface area (Å²) in [4.78, 5) is 12.4. The molecule has 0 radical (unpaired) electrons. The number of rotatable bonds is 8. The Labute approximate surface area is 197 Å². The summed E-state index contributed by atoms with van der Waals surface area (Å²) in [6.07, 6.45) is 0. The number of methoxy groups -OCH3 is 2. The lowest BCUT2D eigenvalue weighted by molar-refractivity contribution is -0.113. The molecule has 0 unspecified atom stereocenters. The summed E-state index contributed by atoms with van der Waals surface area (Å²) in [5.41, 5.74) is 4.69. The lowest BCUT2D eigenvalue weighted by atomic mass is 10.0. The molecule has 0 aliphatic carbocycles. The van der Waals surface area contributed by atoms with Crippen molar-refractivity contribution < 1.29 is 14.3 Å². The van der Waals surface area contributed by atoms with E-state index in [9.17, 15) is 4.79 Å². The average molecular weight is 458 g/mol. The molecule has 6 nitrogen and oxygen atoms in total. The first-order valence-corrected chi connectivity index (χ1v) is 11.3. The Balaban J connectivity index is 1.35. The SMILES string of the molecule is COc1ccc(NC(=O)CSc2ccc(-c3ccc(-c4ccccc4)cc3)nn2)c(OC)c1. The van der Waals surface area contributed by atoms with Crippen LogP contribution in [0.5, 0.6) is 11.5 Å². The molecule has 4 aromatic rings. The van der Waals surface area contributed by atoms with Crippen molar-refractivity contribution in [3.63, 3.8) is 0 Å². The van der Waals surface area contributed by atoms with E-state index >= 15 is 0 Å². The fraction of sp³-hybridized carbons (Fsp3) is 0.115. The lowest BCUT2D eigenvalue weighted by Crippen LogP contribution is -2.14. The summed E-state index contributed by atoms with van der Waals surface area (Å²) >= 11 is 1.32. The van der Waals surface area contributed by atoms with Gasteiger partial charge < -0.3 is 14.8 Å². The van der Waals surface area contributed by atoms with Crippen molar-refractivity contribution in [1.82, 2.24) is 10.2 Å². The van der Waals surface area contributed by atoms with Crippen LogP contribution in [0.2, 0.25) is 0 Å². The maximum absolute atomic E-state index is 12.4. The number of carbonyl (C=O) groups excluding carboxylic acids is 1. The van der Waals surface area contributed by atoms with Gasteiger partial charge in [0.25, 0.3) is 0 Å². The minimum atomic E-state index is -0.161. The van der Waals surface area contributed by atoms with E-state index in [1.54, 1.807) is 32.4 Å². The Kier molecular flexibility index (Phi) is 7.22. The van der Waals surface area contributed by atoms with Crippen molar-refractivity contribution in [1.29, 1.82) is 0 Å². The average Bonchev–Trinajstić information content (AvgIpc) is 2.88. The van der Waals surface area contributed by atoms with E-state index in [1.807, 2.05) is 42.5 Å². The van der Waals surface area contributed by atoms with Gasteiger partial charge in [0.05, 0.1) is 31.4 Å². The Morgan fingerprint density at radius 1 is 0.818 bits per heavy atom. The number of hydrogen-bond acceptors (Lipinski definition) is 6. The molecule has 0 spiro atoms. The van der Waals surface area contributed by atoms with Crippen LogP contribution in [-0.2, 0) is 4.79 Å². The Morgan fingerprint density at radius 3 is 2.21 bits per heavy atom. The summed E-state index contributed by atoms with van der Waals surface area (Å²) in [6.45, 7) is 0. The van der Waals surface area contributed by atoms with Crippen molar-refractivity contribution in [3.8, 4) is 33.9 Å². The Bertz CT molecular complexity index is 1210. The largest absolute Gasteiger partial charge is 0.497 e. The number of nitrogens with one attached hydrogen (secondary N) is 1. The highest BCUT2D eigenvalue weighted by Gasteiger charge is 2.10. The van der Waals surface area contributed by atoms with E-state index in [0.29, 0.717) is 22.2 Å². The van der Waals surface area contributed by atoms with Crippen LogP contribution < -0.4 is 14.8 Å². The normalized spacial score (nSPS) is 10.5. The lowest BCUT2D eigenvalue weighted by Gasteiger charge is -2.11. The Morgan fingerprint density at radius 2 is 1.55 bits per heavy atom. The number of anilines is 1. The highest BCUT2D eigenvalue weighted by molar-refractivity contribution is 7.99. The first kappa shape index (κ1) is 22.4. The third-order valence-electron chi connectivity index (χ3n) is 4.96. The number of ether oxygens (including phenoxy) is 2. The van der Waals surface area contributed by atoms with Gasteiger partial charge in [0, 0.05) is 11.6 Å². The molecule has 0 saturated carbocycles. The maximum atomic E-state index is 12.4. The minimum absolute atomic E-state index is 0.161. The number of amides is 1. The van der Waals surface area contributed by atoms with Gasteiger partial charge >= 0.3 is 0 Å². The summed E-state index contributed by atoms with van der Waals surface area (Å²) < 4.78 is 10.5. The van der Waals surface area contributed by atoms with E-state index in [-0.39, 0.29) is 11.7 Å². The summed E-state index contributed by atoms with van der Waals surface area (Å²) in [6, 6.07) is 27.5. The van der Waals surface area contributed by atoms with Crippen molar-refractivity contribution in [3.05, 3.63) is 84.9 Å². The van der Waals surface area contributed by atoms with E-state index < -0.39 is 0 Å². The van der Waals surface area contributed by atoms with Gasteiger partial charge in [-0.2, -0.15) is 0 Å². The van der Waals surface area contributed by atoms with E-state index in [0.717, 1.165) is 16.8 Å². The minimum Gasteiger partial charge on any atom is -0.497 e. The number of carbonyl (C=O) groups is 1. The molecule has 0 atom stereocenters. The number of nitrogens with zero attached hydrogens (tertiary/aromatic N) is 2. The van der Waals surface area contributed by atoms with Crippen molar-refractivity contribution in [2.24, 2.45) is 0 Å². The topological polar surface area (TPSA) is 73.3 Å². The van der Waals surface area contributed by atoms with Crippen LogP contribution in [0.3, 0.4) is 0 Å². The third kappa shape index (κ3) is 5.70. The zero-order chi connectivity index (χ0) is 23.0. The third-order valence-corrected chi connectivity index (χ3v) is 5.88. The molecule has 3 aromatic carbocycles. The second-order valence-corrected chi connectivity index (χ2v) is 8.10. The Hall–Kier alpha value is -3.84. The molecule has 0 aliphatic rings. The zero-order valence-corrected chi connectivity index (χ0v) is 19.1. The quantitative estimate of drug-likeness (QED) is 0.349. The molecular formula is C26H23N3O3S. The molecular weight excluding hydrogens is 434 g/mol. The predicted octanol–water partition coefficient (Wildman–Crippen LogP) is 5.56. The van der Waals surface area contributed by atoms with E-state index in [2.05, 4.69) is 39.8 Å². The summed E-state index contributed by atoms with van der Waals surface area (Å²) in [5, 5.41) is 12.1. The van der Waals surface area contributed by atoms with Gasteiger partial charge in [0.2, 0.25) is 5.91 Å². The van der Waals surface area contributed by atoms with Crippen LogP contribution in [0.25, 0.3) is 22.4 Å². The van der Waals surface area contributed by atoms with Gasteiger partial charge in [0.15, 0.2) is 0 Å². The van der Waals surface area contributed by atoms with Crippen LogP contribution in [-0.4, -0.2) is 36.1 Å². The number of benzene rings is 3. The molecule has 1 aromatic heterocycles. The molecule has 166 valence electrons. The van der Waals surface area contributed by atoms with Crippen LogP contribution in [0.4, 0.5) is 5.69 Å². The van der Waals surface area contributed by atoms with Crippen LogP contribution in [0.1, 0.15) is 0 Å². The highest BCUT2D eigenvalue weighted by atomic mass is 32.2. The first-order valence-electron chi connectivity index (χ1n) is 10.3. The summed E-state index contributed by atoms with van der Waals surface area (Å²) in [7, 11) is 3.13. The standard InChI is InChI=1S/C26H23N3O3S/c1-31-21-12-13-23(24(16-21)32-2)27-25(30)17-33-26-15-14-22(28-29-26)20-10-8-19(9-11-20)18-6-4-3-5-7-18/h3-16H,17H2,1-2H3,(H,27,30). The number of thioether (sulfide) groups is 1. The summed E-state index contributed by atoms with van der Waals surface area (Å²) in [5.74, 6) is 1.24. The van der Waals surface area contributed by atoms with Gasteiger partial charge in [-0.25, -0.2) is 0 Å². The molecule has 0 aliphatic heterocycles. The molecule has 1 heterocycles. The second kappa shape index (κ2) is 10.7.